The molecule has 0 atom stereocenters. The summed E-state index contributed by atoms with van der Waals surface area (Å²) in [6.07, 6.45) is 0. The van der Waals surface area contributed by atoms with Crippen molar-refractivity contribution in [3.8, 4) is 5.75 Å². The Morgan fingerprint density at radius 3 is 2.50 bits per heavy atom. The molecule has 134 valence electrons. The van der Waals surface area contributed by atoms with E-state index < -0.39 is 0 Å². The van der Waals surface area contributed by atoms with Gasteiger partial charge in [0.15, 0.2) is 0 Å². The van der Waals surface area contributed by atoms with Crippen molar-refractivity contribution in [2.75, 3.05) is 5.32 Å². The van der Waals surface area contributed by atoms with Crippen LogP contribution >= 0.6 is 15.9 Å². The van der Waals surface area contributed by atoms with Gasteiger partial charge < -0.3 is 10.1 Å². The highest BCUT2D eigenvalue weighted by Gasteiger charge is 2.08. The standard InChI is InChI=1S/C22H21BrFNO/c1-15-7-9-20(11-16(15)2)25-13-18-12-19(23)8-10-22(18)26-14-17-5-3-4-6-21(17)24/h3-12,25H,13-14H2,1-2H3. The van der Waals surface area contributed by atoms with Crippen LogP contribution in [0.25, 0.3) is 0 Å². The number of aryl methyl sites for hydroxylation is 2. The second-order valence-electron chi connectivity index (χ2n) is 6.28. The maximum absolute atomic E-state index is 13.8. The Hall–Kier alpha value is -2.33. The third kappa shape index (κ3) is 4.64. The smallest absolute Gasteiger partial charge is 0.129 e. The van der Waals surface area contributed by atoms with Gasteiger partial charge in [0.1, 0.15) is 18.2 Å². The molecule has 0 heterocycles. The molecule has 4 heteroatoms. The SMILES string of the molecule is Cc1ccc(NCc2cc(Br)ccc2OCc2ccccc2F)cc1C. The third-order valence-electron chi connectivity index (χ3n) is 4.35. The van der Waals surface area contributed by atoms with Crippen molar-refractivity contribution in [3.05, 3.63) is 93.2 Å². The van der Waals surface area contributed by atoms with Gasteiger partial charge in [-0.1, -0.05) is 40.2 Å². The van der Waals surface area contributed by atoms with Gasteiger partial charge in [-0.2, -0.15) is 0 Å². The quantitative estimate of drug-likeness (QED) is 0.504. The van der Waals surface area contributed by atoms with E-state index in [-0.39, 0.29) is 12.4 Å². The summed E-state index contributed by atoms with van der Waals surface area (Å²) >= 11 is 3.51. The summed E-state index contributed by atoms with van der Waals surface area (Å²) in [5, 5.41) is 3.43. The van der Waals surface area contributed by atoms with Crippen LogP contribution in [0.15, 0.2) is 65.1 Å². The highest BCUT2D eigenvalue weighted by atomic mass is 79.9. The summed E-state index contributed by atoms with van der Waals surface area (Å²) < 4.78 is 20.7. The Morgan fingerprint density at radius 2 is 1.73 bits per heavy atom. The van der Waals surface area contributed by atoms with Crippen LogP contribution in [-0.2, 0) is 13.2 Å². The molecule has 0 aliphatic rings. The van der Waals surface area contributed by atoms with Crippen LogP contribution in [0, 0.1) is 19.7 Å². The van der Waals surface area contributed by atoms with Crippen LogP contribution in [0.2, 0.25) is 0 Å². The summed E-state index contributed by atoms with van der Waals surface area (Å²) in [5.74, 6) is 0.493. The summed E-state index contributed by atoms with van der Waals surface area (Å²) in [7, 11) is 0. The lowest BCUT2D eigenvalue weighted by molar-refractivity contribution is 0.297. The molecule has 26 heavy (non-hydrogen) atoms. The van der Waals surface area contributed by atoms with Gasteiger partial charge in [-0.15, -0.1) is 0 Å². The average molecular weight is 414 g/mol. The van der Waals surface area contributed by atoms with Crippen LogP contribution in [0.5, 0.6) is 5.75 Å². The van der Waals surface area contributed by atoms with Crippen molar-refractivity contribution < 1.29 is 9.13 Å². The monoisotopic (exact) mass is 413 g/mol. The zero-order chi connectivity index (χ0) is 18.5. The number of hydrogen-bond donors (Lipinski definition) is 1. The number of ether oxygens (including phenoxy) is 1. The molecule has 1 N–H and O–H groups in total. The molecule has 0 aliphatic carbocycles. The predicted molar refractivity (Wildman–Crippen MR) is 108 cm³/mol. The normalized spacial score (nSPS) is 10.6. The molecule has 3 aromatic rings. The first kappa shape index (κ1) is 18.5. The van der Waals surface area contributed by atoms with Crippen molar-refractivity contribution in [1.82, 2.24) is 0 Å². The topological polar surface area (TPSA) is 21.3 Å². The fourth-order valence-electron chi connectivity index (χ4n) is 2.65. The molecule has 0 bridgehead atoms. The number of anilines is 1. The fraction of sp³-hybridized carbons (Fsp3) is 0.182. The molecule has 0 fully saturated rings. The van der Waals surface area contributed by atoms with Crippen molar-refractivity contribution >= 4 is 21.6 Å². The lowest BCUT2D eigenvalue weighted by atomic mass is 10.1. The maximum atomic E-state index is 13.8. The zero-order valence-electron chi connectivity index (χ0n) is 14.9. The van der Waals surface area contributed by atoms with E-state index in [1.54, 1.807) is 12.1 Å². The first-order chi connectivity index (χ1) is 12.5. The van der Waals surface area contributed by atoms with Gasteiger partial charge in [0.2, 0.25) is 0 Å². The molecule has 2 nitrogen and oxygen atoms in total. The largest absolute Gasteiger partial charge is 0.488 e. The second-order valence-corrected chi connectivity index (χ2v) is 7.20. The Morgan fingerprint density at radius 1 is 0.923 bits per heavy atom. The van der Waals surface area contributed by atoms with E-state index in [9.17, 15) is 4.39 Å². The molecule has 0 saturated carbocycles. The Bertz CT molecular complexity index is 910. The molecular formula is C22H21BrFNO. The van der Waals surface area contributed by atoms with E-state index in [2.05, 4.69) is 53.3 Å². The van der Waals surface area contributed by atoms with E-state index in [1.165, 1.54) is 17.2 Å². The van der Waals surface area contributed by atoms with Gasteiger partial charge in [-0.05, 0) is 61.4 Å². The molecule has 0 unspecified atom stereocenters. The van der Waals surface area contributed by atoms with E-state index in [0.717, 1.165) is 21.5 Å². The average Bonchev–Trinajstić information content (AvgIpc) is 2.63. The van der Waals surface area contributed by atoms with E-state index in [1.807, 2.05) is 24.3 Å². The minimum Gasteiger partial charge on any atom is -0.488 e. The first-order valence-corrected chi connectivity index (χ1v) is 9.28. The van der Waals surface area contributed by atoms with Crippen molar-refractivity contribution in [2.24, 2.45) is 0 Å². The number of benzene rings is 3. The second kappa shape index (κ2) is 8.37. The van der Waals surface area contributed by atoms with E-state index in [4.69, 9.17) is 4.74 Å². The number of halogens is 2. The maximum Gasteiger partial charge on any atom is 0.129 e. The highest BCUT2D eigenvalue weighted by Crippen LogP contribution is 2.26. The molecule has 3 rings (SSSR count). The van der Waals surface area contributed by atoms with Gasteiger partial charge in [0, 0.05) is 27.8 Å². The van der Waals surface area contributed by atoms with Crippen LogP contribution in [0.4, 0.5) is 10.1 Å². The zero-order valence-corrected chi connectivity index (χ0v) is 16.4. The van der Waals surface area contributed by atoms with Gasteiger partial charge in [0.05, 0.1) is 0 Å². The van der Waals surface area contributed by atoms with Crippen LogP contribution in [-0.4, -0.2) is 0 Å². The van der Waals surface area contributed by atoms with Gasteiger partial charge in [-0.3, -0.25) is 0 Å². The van der Waals surface area contributed by atoms with Crippen LogP contribution < -0.4 is 10.1 Å². The molecule has 0 aromatic heterocycles. The predicted octanol–water partition coefficient (Wildman–Crippen LogP) is 6.40. The van der Waals surface area contributed by atoms with E-state index >= 15 is 0 Å². The molecule has 0 radical (unpaired) electrons. The van der Waals surface area contributed by atoms with E-state index in [0.29, 0.717) is 12.1 Å². The molecular weight excluding hydrogens is 393 g/mol. The van der Waals surface area contributed by atoms with Crippen LogP contribution in [0.3, 0.4) is 0 Å². The highest BCUT2D eigenvalue weighted by molar-refractivity contribution is 9.10. The summed E-state index contributed by atoms with van der Waals surface area (Å²) in [5.41, 5.74) is 5.14. The van der Waals surface area contributed by atoms with Crippen molar-refractivity contribution in [2.45, 2.75) is 27.0 Å². The summed E-state index contributed by atoms with van der Waals surface area (Å²) in [4.78, 5) is 0. The number of nitrogens with one attached hydrogen (secondary N) is 1. The van der Waals surface area contributed by atoms with Crippen LogP contribution in [0.1, 0.15) is 22.3 Å². The lowest BCUT2D eigenvalue weighted by Gasteiger charge is -2.14. The molecule has 0 aliphatic heterocycles. The molecule has 0 saturated heterocycles. The van der Waals surface area contributed by atoms with Crippen molar-refractivity contribution in [1.29, 1.82) is 0 Å². The number of hydrogen-bond acceptors (Lipinski definition) is 2. The molecule has 0 amide bonds. The van der Waals surface area contributed by atoms with Gasteiger partial charge in [0.25, 0.3) is 0 Å². The fourth-order valence-corrected chi connectivity index (χ4v) is 3.06. The Labute approximate surface area is 162 Å². The minimum absolute atomic E-state index is 0.199. The number of rotatable bonds is 6. The minimum atomic E-state index is -0.251. The Kier molecular flexibility index (Phi) is 5.94. The molecule has 3 aromatic carbocycles. The van der Waals surface area contributed by atoms with Gasteiger partial charge >= 0.3 is 0 Å². The third-order valence-corrected chi connectivity index (χ3v) is 4.85. The summed E-state index contributed by atoms with van der Waals surface area (Å²) in [6, 6.07) is 18.8. The molecule has 0 spiro atoms. The summed E-state index contributed by atoms with van der Waals surface area (Å²) in [6.45, 7) is 5.02. The lowest BCUT2D eigenvalue weighted by Crippen LogP contribution is -2.05. The first-order valence-electron chi connectivity index (χ1n) is 8.48. The van der Waals surface area contributed by atoms with Crippen molar-refractivity contribution in [3.63, 3.8) is 0 Å². The Balaban J connectivity index is 1.73. The van der Waals surface area contributed by atoms with Gasteiger partial charge in [-0.25, -0.2) is 4.39 Å².